The number of nitrogens with two attached hydrogens (primary N) is 1. The minimum Gasteiger partial charge on any atom is -0.398 e. The SMILES string of the molecule is Cc1ccc(SCc2ccc(C#N)cc2F)c(N)c1. The molecule has 2 nitrogen and oxygen atoms in total. The van der Waals surface area contributed by atoms with Crippen LogP contribution in [0.15, 0.2) is 41.3 Å². The quantitative estimate of drug-likeness (QED) is 0.681. The van der Waals surface area contributed by atoms with Crippen LogP contribution in [0, 0.1) is 24.1 Å². The van der Waals surface area contributed by atoms with Gasteiger partial charge in [-0.15, -0.1) is 11.8 Å². The second kappa shape index (κ2) is 5.77. The van der Waals surface area contributed by atoms with Crippen LogP contribution < -0.4 is 5.73 Å². The Morgan fingerprint density at radius 2 is 2.05 bits per heavy atom. The van der Waals surface area contributed by atoms with Crippen LogP contribution in [0.3, 0.4) is 0 Å². The van der Waals surface area contributed by atoms with Gasteiger partial charge in [-0.3, -0.25) is 0 Å². The highest BCUT2D eigenvalue weighted by Gasteiger charge is 2.06. The highest BCUT2D eigenvalue weighted by Crippen LogP contribution is 2.29. The maximum atomic E-state index is 13.7. The fourth-order valence-corrected chi connectivity index (χ4v) is 2.62. The third-order valence-corrected chi connectivity index (χ3v) is 3.87. The first-order chi connectivity index (χ1) is 9.10. The van der Waals surface area contributed by atoms with Crippen LogP contribution >= 0.6 is 11.8 Å². The Balaban J connectivity index is 2.13. The molecule has 0 aliphatic rings. The Morgan fingerprint density at radius 3 is 2.68 bits per heavy atom. The van der Waals surface area contributed by atoms with Gasteiger partial charge in [0.2, 0.25) is 0 Å². The standard InChI is InChI=1S/C15H13FN2S/c1-10-2-5-15(14(18)6-10)19-9-12-4-3-11(8-17)7-13(12)16/h2-7H,9,18H2,1H3. The van der Waals surface area contributed by atoms with E-state index in [0.29, 0.717) is 22.6 Å². The monoisotopic (exact) mass is 272 g/mol. The molecule has 0 heterocycles. The minimum absolute atomic E-state index is 0.334. The molecule has 4 heteroatoms. The molecule has 0 saturated carbocycles. The predicted octanol–water partition coefficient (Wildman–Crippen LogP) is 3.88. The molecular formula is C15H13FN2S. The van der Waals surface area contributed by atoms with Gasteiger partial charge in [0.1, 0.15) is 5.82 Å². The van der Waals surface area contributed by atoms with Crippen molar-refractivity contribution in [1.82, 2.24) is 0 Å². The smallest absolute Gasteiger partial charge is 0.128 e. The number of nitrogens with zero attached hydrogens (tertiary/aromatic N) is 1. The molecule has 0 aromatic heterocycles. The number of halogens is 1. The lowest BCUT2D eigenvalue weighted by Gasteiger charge is -2.07. The topological polar surface area (TPSA) is 49.8 Å². The molecule has 96 valence electrons. The lowest BCUT2D eigenvalue weighted by molar-refractivity contribution is 0.617. The summed E-state index contributed by atoms with van der Waals surface area (Å²) in [5.74, 6) is 0.141. The van der Waals surface area contributed by atoms with Crippen molar-refractivity contribution in [2.75, 3.05) is 5.73 Å². The molecule has 2 rings (SSSR count). The van der Waals surface area contributed by atoms with E-state index in [1.54, 1.807) is 12.1 Å². The van der Waals surface area contributed by atoms with Crippen LogP contribution in [0.1, 0.15) is 16.7 Å². The Labute approximate surface area is 116 Å². The van der Waals surface area contributed by atoms with Crippen molar-refractivity contribution < 1.29 is 4.39 Å². The lowest BCUT2D eigenvalue weighted by Crippen LogP contribution is -1.92. The van der Waals surface area contributed by atoms with Crippen molar-refractivity contribution in [2.24, 2.45) is 0 Å². The number of nitriles is 1. The van der Waals surface area contributed by atoms with Gasteiger partial charge in [-0.05, 0) is 42.3 Å². The van der Waals surface area contributed by atoms with Crippen LogP contribution in [-0.2, 0) is 5.75 Å². The molecule has 0 aliphatic carbocycles. The van der Waals surface area contributed by atoms with Crippen LogP contribution in [0.4, 0.5) is 10.1 Å². The van der Waals surface area contributed by atoms with Gasteiger partial charge in [0.05, 0.1) is 11.6 Å². The normalized spacial score (nSPS) is 10.2. The minimum atomic E-state index is -0.350. The van der Waals surface area contributed by atoms with Crippen LogP contribution in [0.5, 0.6) is 0 Å². The maximum absolute atomic E-state index is 13.7. The first-order valence-electron chi connectivity index (χ1n) is 5.77. The van der Waals surface area contributed by atoms with Crippen LogP contribution in [-0.4, -0.2) is 0 Å². The Bertz CT molecular complexity index is 647. The van der Waals surface area contributed by atoms with E-state index in [4.69, 9.17) is 11.0 Å². The maximum Gasteiger partial charge on any atom is 0.128 e. The van der Waals surface area contributed by atoms with E-state index in [-0.39, 0.29) is 5.82 Å². The van der Waals surface area contributed by atoms with Crippen molar-refractivity contribution in [2.45, 2.75) is 17.6 Å². The highest BCUT2D eigenvalue weighted by molar-refractivity contribution is 7.98. The van der Waals surface area contributed by atoms with Gasteiger partial charge < -0.3 is 5.73 Å². The van der Waals surface area contributed by atoms with E-state index in [9.17, 15) is 4.39 Å². The predicted molar refractivity (Wildman–Crippen MR) is 76.3 cm³/mol. The summed E-state index contributed by atoms with van der Waals surface area (Å²) >= 11 is 1.49. The first kappa shape index (κ1) is 13.4. The molecule has 0 fully saturated rings. The molecule has 0 unspecified atom stereocenters. The second-order valence-corrected chi connectivity index (χ2v) is 5.27. The zero-order valence-electron chi connectivity index (χ0n) is 10.5. The summed E-state index contributed by atoms with van der Waals surface area (Å²) in [5.41, 5.74) is 8.63. The number of benzene rings is 2. The summed E-state index contributed by atoms with van der Waals surface area (Å²) in [6.45, 7) is 1.98. The molecule has 2 N–H and O–H groups in total. The molecule has 2 aromatic rings. The fourth-order valence-electron chi connectivity index (χ4n) is 1.69. The fraction of sp³-hybridized carbons (Fsp3) is 0.133. The average molecular weight is 272 g/mol. The van der Waals surface area contributed by atoms with E-state index in [1.807, 2.05) is 31.2 Å². The summed E-state index contributed by atoms with van der Waals surface area (Å²) in [4.78, 5) is 0.939. The highest BCUT2D eigenvalue weighted by atomic mass is 32.2. The second-order valence-electron chi connectivity index (χ2n) is 4.25. The first-order valence-corrected chi connectivity index (χ1v) is 6.76. The van der Waals surface area contributed by atoms with Crippen LogP contribution in [0.2, 0.25) is 0 Å². The Morgan fingerprint density at radius 1 is 1.26 bits per heavy atom. The number of hydrogen-bond donors (Lipinski definition) is 1. The number of hydrogen-bond acceptors (Lipinski definition) is 3. The van der Waals surface area contributed by atoms with E-state index in [1.165, 1.54) is 17.8 Å². The molecule has 2 aromatic carbocycles. The molecule has 0 spiro atoms. The number of nitrogen functional groups attached to an aromatic ring is 1. The summed E-state index contributed by atoms with van der Waals surface area (Å²) in [7, 11) is 0. The average Bonchev–Trinajstić information content (AvgIpc) is 2.39. The van der Waals surface area contributed by atoms with Gasteiger partial charge in [0, 0.05) is 16.3 Å². The van der Waals surface area contributed by atoms with Crippen molar-refractivity contribution in [3.05, 3.63) is 58.9 Å². The molecular weight excluding hydrogens is 259 g/mol. The zero-order valence-corrected chi connectivity index (χ0v) is 11.3. The third kappa shape index (κ3) is 3.27. The van der Waals surface area contributed by atoms with Crippen molar-refractivity contribution >= 4 is 17.4 Å². The lowest BCUT2D eigenvalue weighted by atomic mass is 10.1. The van der Waals surface area contributed by atoms with Gasteiger partial charge in [-0.2, -0.15) is 5.26 Å². The van der Waals surface area contributed by atoms with Crippen molar-refractivity contribution in [1.29, 1.82) is 5.26 Å². The number of aryl methyl sites for hydroxylation is 1. The van der Waals surface area contributed by atoms with Gasteiger partial charge in [-0.25, -0.2) is 4.39 Å². The summed E-state index contributed by atoms with van der Waals surface area (Å²) in [6.07, 6.45) is 0. The molecule has 0 bridgehead atoms. The van der Waals surface area contributed by atoms with Gasteiger partial charge in [0.15, 0.2) is 0 Å². The van der Waals surface area contributed by atoms with Crippen molar-refractivity contribution in [3.63, 3.8) is 0 Å². The summed E-state index contributed by atoms with van der Waals surface area (Å²) in [5, 5.41) is 8.68. The van der Waals surface area contributed by atoms with Crippen molar-refractivity contribution in [3.8, 4) is 6.07 Å². The number of anilines is 1. The zero-order chi connectivity index (χ0) is 13.8. The molecule has 0 aliphatic heterocycles. The number of thioether (sulfide) groups is 1. The van der Waals surface area contributed by atoms with Gasteiger partial charge in [-0.1, -0.05) is 12.1 Å². The summed E-state index contributed by atoms with van der Waals surface area (Å²) < 4.78 is 13.7. The van der Waals surface area contributed by atoms with Crippen LogP contribution in [0.25, 0.3) is 0 Å². The summed E-state index contributed by atoms with van der Waals surface area (Å²) in [6, 6.07) is 12.3. The van der Waals surface area contributed by atoms with E-state index in [2.05, 4.69) is 0 Å². The van der Waals surface area contributed by atoms with Gasteiger partial charge >= 0.3 is 0 Å². The van der Waals surface area contributed by atoms with Gasteiger partial charge in [0.25, 0.3) is 0 Å². The molecule has 0 saturated heterocycles. The largest absolute Gasteiger partial charge is 0.398 e. The molecule has 0 atom stereocenters. The van der Waals surface area contributed by atoms with E-state index < -0.39 is 0 Å². The molecule has 19 heavy (non-hydrogen) atoms. The molecule has 0 amide bonds. The Hall–Kier alpha value is -1.99. The number of rotatable bonds is 3. The van der Waals surface area contributed by atoms with E-state index in [0.717, 1.165) is 10.5 Å². The third-order valence-electron chi connectivity index (χ3n) is 2.73. The van der Waals surface area contributed by atoms with E-state index >= 15 is 0 Å². The molecule has 0 radical (unpaired) electrons. The Kier molecular flexibility index (Phi) is 4.08.